The van der Waals surface area contributed by atoms with E-state index in [1.807, 2.05) is 35.9 Å². The number of aromatic amines is 1. The van der Waals surface area contributed by atoms with E-state index in [0.29, 0.717) is 6.54 Å². The first-order valence-corrected chi connectivity index (χ1v) is 12.3. The van der Waals surface area contributed by atoms with Crippen LogP contribution in [0.3, 0.4) is 0 Å². The van der Waals surface area contributed by atoms with Crippen LogP contribution in [0, 0.1) is 12.8 Å². The van der Waals surface area contributed by atoms with Crippen LogP contribution in [0.25, 0.3) is 10.9 Å². The van der Waals surface area contributed by atoms with Crippen LogP contribution in [0.4, 0.5) is 0 Å². The van der Waals surface area contributed by atoms with Gasteiger partial charge in [0.2, 0.25) is 0 Å². The standard InChI is InChI=1S/C28H36N6O/c1-19(2)25(26-30-31-32-34(26)28(4,5)6)33(16-15-21-12-8-7-9-13-21)18-23-17-22-14-10-11-20(3)24(22)29-27(23)35/h7-14,17,19,25H,15-16,18H2,1-6H3,(H,29,35). The summed E-state index contributed by atoms with van der Waals surface area (Å²) in [5.74, 6) is 1.06. The lowest BCUT2D eigenvalue weighted by Crippen LogP contribution is -2.39. The maximum absolute atomic E-state index is 13.2. The number of benzene rings is 2. The SMILES string of the molecule is Cc1cccc2cc(CN(CCc3ccccc3)C(c3nnnn3C(C)(C)C)C(C)C)c(=O)[nH]c12. The first-order chi connectivity index (χ1) is 16.6. The second-order valence-electron chi connectivity index (χ2n) is 10.7. The Balaban J connectivity index is 1.76. The monoisotopic (exact) mass is 472 g/mol. The van der Waals surface area contributed by atoms with Crippen molar-refractivity contribution in [3.8, 4) is 0 Å². The molecule has 0 aliphatic carbocycles. The maximum atomic E-state index is 13.2. The molecule has 1 atom stereocenters. The van der Waals surface area contributed by atoms with E-state index in [0.717, 1.165) is 40.8 Å². The Kier molecular flexibility index (Phi) is 7.17. The summed E-state index contributed by atoms with van der Waals surface area (Å²) in [7, 11) is 0. The van der Waals surface area contributed by atoms with Gasteiger partial charge in [0.15, 0.2) is 5.82 Å². The molecule has 1 N–H and O–H groups in total. The van der Waals surface area contributed by atoms with Crippen LogP contribution in [-0.2, 0) is 18.5 Å². The highest BCUT2D eigenvalue weighted by Crippen LogP contribution is 2.31. The summed E-state index contributed by atoms with van der Waals surface area (Å²) < 4.78 is 1.92. The van der Waals surface area contributed by atoms with Gasteiger partial charge < -0.3 is 4.98 Å². The Morgan fingerprint density at radius 3 is 2.49 bits per heavy atom. The highest BCUT2D eigenvalue weighted by Gasteiger charge is 2.32. The van der Waals surface area contributed by atoms with E-state index in [4.69, 9.17) is 0 Å². The summed E-state index contributed by atoms with van der Waals surface area (Å²) in [6.45, 7) is 14.0. The molecule has 184 valence electrons. The zero-order chi connectivity index (χ0) is 25.2. The van der Waals surface area contributed by atoms with Gasteiger partial charge in [-0.3, -0.25) is 9.69 Å². The second-order valence-corrected chi connectivity index (χ2v) is 10.7. The van der Waals surface area contributed by atoms with E-state index in [-0.39, 0.29) is 23.1 Å². The number of H-pyrrole nitrogens is 1. The average molecular weight is 473 g/mol. The molecule has 0 saturated heterocycles. The molecular formula is C28H36N6O. The highest BCUT2D eigenvalue weighted by atomic mass is 16.1. The van der Waals surface area contributed by atoms with Gasteiger partial charge in [0.1, 0.15) is 0 Å². The number of nitrogens with zero attached hydrogens (tertiary/aromatic N) is 5. The predicted octanol–water partition coefficient (Wildman–Crippen LogP) is 5.02. The number of nitrogens with one attached hydrogen (secondary N) is 1. The number of hydrogen-bond acceptors (Lipinski definition) is 5. The van der Waals surface area contributed by atoms with E-state index in [1.54, 1.807) is 0 Å². The number of fused-ring (bicyclic) bond motifs is 1. The molecule has 0 bridgehead atoms. The third-order valence-corrected chi connectivity index (χ3v) is 6.49. The van der Waals surface area contributed by atoms with E-state index < -0.39 is 0 Å². The topological polar surface area (TPSA) is 79.7 Å². The second kappa shape index (κ2) is 10.1. The Bertz CT molecular complexity index is 1330. The number of aryl methyl sites for hydroxylation is 1. The fourth-order valence-electron chi connectivity index (χ4n) is 4.74. The molecule has 2 aromatic carbocycles. The molecule has 35 heavy (non-hydrogen) atoms. The van der Waals surface area contributed by atoms with Crippen LogP contribution >= 0.6 is 0 Å². The molecule has 0 aliphatic rings. The van der Waals surface area contributed by atoms with Crippen molar-refractivity contribution >= 4 is 10.9 Å². The molecule has 0 aliphatic heterocycles. The van der Waals surface area contributed by atoms with E-state index in [9.17, 15) is 4.79 Å². The normalized spacial score (nSPS) is 13.1. The lowest BCUT2D eigenvalue weighted by molar-refractivity contribution is 0.129. The fourth-order valence-corrected chi connectivity index (χ4v) is 4.74. The number of pyridine rings is 1. The largest absolute Gasteiger partial charge is 0.321 e. The van der Waals surface area contributed by atoms with Crippen molar-refractivity contribution in [2.24, 2.45) is 5.92 Å². The Hall–Kier alpha value is -3.32. The lowest BCUT2D eigenvalue weighted by atomic mass is 9.98. The summed E-state index contributed by atoms with van der Waals surface area (Å²) >= 11 is 0. The number of tetrazole rings is 1. The minimum atomic E-state index is -0.255. The molecule has 7 nitrogen and oxygen atoms in total. The van der Waals surface area contributed by atoms with Crippen molar-refractivity contribution in [2.75, 3.05) is 6.54 Å². The van der Waals surface area contributed by atoms with E-state index in [2.05, 4.69) is 90.4 Å². The van der Waals surface area contributed by atoms with Crippen LogP contribution in [0.15, 0.2) is 59.4 Å². The van der Waals surface area contributed by atoms with Crippen LogP contribution in [0.1, 0.15) is 63.2 Å². The quantitative estimate of drug-likeness (QED) is 0.389. The summed E-state index contributed by atoms with van der Waals surface area (Å²) in [4.78, 5) is 18.6. The molecule has 0 saturated carbocycles. The van der Waals surface area contributed by atoms with Gasteiger partial charge in [0, 0.05) is 18.7 Å². The molecule has 1 unspecified atom stereocenters. The summed E-state index contributed by atoms with van der Waals surface area (Å²) in [6, 6.07) is 18.5. The van der Waals surface area contributed by atoms with Crippen molar-refractivity contribution in [1.82, 2.24) is 30.1 Å². The van der Waals surface area contributed by atoms with Crippen molar-refractivity contribution in [3.05, 3.63) is 87.5 Å². The van der Waals surface area contributed by atoms with Crippen molar-refractivity contribution in [1.29, 1.82) is 0 Å². The van der Waals surface area contributed by atoms with Gasteiger partial charge in [-0.05, 0) is 73.0 Å². The number of hydrogen-bond donors (Lipinski definition) is 1. The van der Waals surface area contributed by atoms with Gasteiger partial charge in [0.05, 0.1) is 17.1 Å². The fraction of sp³-hybridized carbons (Fsp3) is 0.429. The number of aromatic nitrogens is 5. The lowest BCUT2D eigenvalue weighted by Gasteiger charge is -2.35. The molecule has 2 heterocycles. The maximum Gasteiger partial charge on any atom is 0.252 e. The van der Waals surface area contributed by atoms with E-state index >= 15 is 0 Å². The van der Waals surface area contributed by atoms with Crippen LogP contribution in [0.5, 0.6) is 0 Å². The zero-order valence-corrected chi connectivity index (χ0v) is 21.6. The van der Waals surface area contributed by atoms with Crippen molar-refractivity contribution in [2.45, 2.75) is 66.1 Å². The zero-order valence-electron chi connectivity index (χ0n) is 21.6. The molecule has 0 amide bonds. The van der Waals surface area contributed by atoms with Gasteiger partial charge in [-0.25, -0.2) is 4.68 Å². The van der Waals surface area contributed by atoms with Gasteiger partial charge >= 0.3 is 0 Å². The Morgan fingerprint density at radius 2 is 1.80 bits per heavy atom. The molecule has 2 aromatic heterocycles. The molecule has 4 aromatic rings. The number of rotatable bonds is 8. The molecular weight excluding hydrogens is 436 g/mol. The summed E-state index contributed by atoms with van der Waals surface area (Å²) in [6.07, 6.45) is 0.867. The average Bonchev–Trinajstić information content (AvgIpc) is 3.29. The molecule has 4 rings (SSSR count). The summed E-state index contributed by atoms with van der Waals surface area (Å²) in [5.41, 5.74) is 3.67. The minimum Gasteiger partial charge on any atom is -0.321 e. The van der Waals surface area contributed by atoms with Crippen molar-refractivity contribution < 1.29 is 0 Å². The van der Waals surface area contributed by atoms with Crippen molar-refractivity contribution in [3.63, 3.8) is 0 Å². The van der Waals surface area contributed by atoms with Crippen LogP contribution in [-0.4, -0.2) is 36.6 Å². The minimum absolute atomic E-state index is 0.0468. The third kappa shape index (κ3) is 5.51. The highest BCUT2D eigenvalue weighted by molar-refractivity contribution is 5.81. The van der Waals surface area contributed by atoms with Crippen LogP contribution < -0.4 is 5.56 Å². The predicted molar refractivity (Wildman–Crippen MR) is 140 cm³/mol. The van der Waals surface area contributed by atoms with Gasteiger partial charge in [0.25, 0.3) is 5.56 Å². The Labute approximate surface area is 207 Å². The molecule has 7 heteroatoms. The number of para-hydroxylation sites is 1. The third-order valence-electron chi connectivity index (χ3n) is 6.49. The molecule has 0 fully saturated rings. The first-order valence-electron chi connectivity index (χ1n) is 12.3. The van der Waals surface area contributed by atoms with Gasteiger partial charge in [-0.2, -0.15) is 0 Å². The van der Waals surface area contributed by atoms with Gasteiger partial charge in [-0.1, -0.05) is 62.4 Å². The first kappa shape index (κ1) is 24.8. The van der Waals surface area contributed by atoms with Gasteiger partial charge in [-0.15, -0.1) is 5.10 Å². The Morgan fingerprint density at radius 1 is 1.06 bits per heavy atom. The van der Waals surface area contributed by atoms with Crippen LogP contribution in [0.2, 0.25) is 0 Å². The molecule has 0 spiro atoms. The molecule has 0 radical (unpaired) electrons. The smallest absolute Gasteiger partial charge is 0.252 e. The van der Waals surface area contributed by atoms with E-state index in [1.165, 1.54) is 5.56 Å². The summed E-state index contributed by atoms with van der Waals surface area (Å²) in [5, 5.41) is 13.9.